The fraction of sp³-hybridized carbons (Fsp3) is 0.300. The van der Waals surface area contributed by atoms with Crippen LogP contribution in [-0.2, 0) is 21.2 Å². The molecule has 6 nitrogen and oxygen atoms in total. The molecule has 0 aromatic heterocycles. The van der Waals surface area contributed by atoms with Gasteiger partial charge in [-0.2, -0.15) is 0 Å². The molecule has 1 atom stereocenters. The average molecular weight is 404 g/mol. The van der Waals surface area contributed by atoms with Gasteiger partial charge in [0.15, 0.2) is 15.6 Å². The van der Waals surface area contributed by atoms with E-state index in [4.69, 9.17) is 0 Å². The molecule has 2 aromatic rings. The van der Waals surface area contributed by atoms with Gasteiger partial charge in [0.25, 0.3) is 0 Å². The molecule has 0 spiro atoms. The molecule has 1 aliphatic heterocycles. The summed E-state index contributed by atoms with van der Waals surface area (Å²) >= 11 is 0. The normalized spacial score (nSPS) is 17.0. The Morgan fingerprint density at radius 3 is 2.50 bits per heavy atom. The first kappa shape index (κ1) is 20.0. The lowest BCUT2D eigenvalue weighted by Crippen LogP contribution is -2.33. The van der Waals surface area contributed by atoms with Crippen LogP contribution < -0.4 is 5.32 Å². The van der Waals surface area contributed by atoms with Crippen LogP contribution in [-0.4, -0.2) is 43.9 Å². The average Bonchev–Trinajstić information content (AvgIpc) is 2.96. The Kier molecular flexibility index (Phi) is 5.51. The smallest absolute Gasteiger partial charge is 0.245 e. The largest absolute Gasteiger partial charge is 0.373 e. The van der Waals surface area contributed by atoms with E-state index >= 15 is 0 Å². The fourth-order valence-corrected chi connectivity index (χ4v) is 4.05. The molecule has 2 aromatic carbocycles. The first-order valence-electron chi connectivity index (χ1n) is 8.80. The highest BCUT2D eigenvalue weighted by atomic mass is 32.2. The molecule has 1 saturated heterocycles. The summed E-state index contributed by atoms with van der Waals surface area (Å²) in [6.07, 6.45) is 1.58. The number of benzene rings is 2. The van der Waals surface area contributed by atoms with Gasteiger partial charge in [0.05, 0.1) is 10.6 Å². The molecular weight excluding hydrogens is 383 g/mol. The van der Waals surface area contributed by atoms with Crippen LogP contribution in [0.4, 0.5) is 10.1 Å². The lowest BCUT2D eigenvalue weighted by molar-refractivity contribution is -0.128. The molecule has 3 rings (SSSR count). The summed E-state index contributed by atoms with van der Waals surface area (Å²) in [6, 6.07) is 9.65. The number of nitrogens with one attached hydrogen (secondary N) is 1. The molecule has 1 fully saturated rings. The number of carbonyl (C=O) groups is 2. The molecule has 1 N–H and O–H groups in total. The topological polar surface area (TPSA) is 83.6 Å². The quantitative estimate of drug-likeness (QED) is 0.749. The van der Waals surface area contributed by atoms with Crippen molar-refractivity contribution in [1.82, 2.24) is 4.90 Å². The molecular formula is C20H21FN2O4S. The van der Waals surface area contributed by atoms with Gasteiger partial charge in [-0.3, -0.25) is 9.59 Å². The third-order valence-corrected chi connectivity index (χ3v) is 5.85. The van der Waals surface area contributed by atoms with Crippen molar-refractivity contribution in [3.8, 4) is 0 Å². The standard InChI is InChI=1S/C20H21FN2O4S/c1-13(24)15-5-8-19(28(2,26)27)18(11-15)22-17-9-10-23(20(17)25)12-14-3-6-16(21)7-4-14/h3-8,11,17,22H,9-10,12H2,1-2H3. The summed E-state index contributed by atoms with van der Waals surface area (Å²) in [5, 5.41) is 3.00. The van der Waals surface area contributed by atoms with Gasteiger partial charge in [-0.05, 0) is 49.2 Å². The van der Waals surface area contributed by atoms with E-state index in [0.717, 1.165) is 11.8 Å². The number of hydrogen-bond acceptors (Lipinski definition) is 5. The Morgan fingerprint density at radius 1 is 1.21 bits per heavy atom. The highest BCUT2D eigenvalue weighted by Crippen LogP contribution is 2.27. The van der Waals surface area contributed by atoms with Gasteiger partial charge in [0.2, 0.25) is 5.91 Å². The monoisotopic (exact) mass is 404 g/mol. The van der Waals surface area contributed by atoms with E-state index in [1.807, 2.05) is 0 Å². The number of hydrogen-bond donors (Lipinski definition) is 1. The third kappa shape index (κ3) is 4.39. The third-order valence-electron chi connectivity index (χ3n) is 4.70. The number of Topliss-reactive ketones (excluding diaryl/α,β-unsaturated/α-hetero) is 1. The van der Waals surface area contributed by atoms with E-state index in [0.29, 0.717) is 25.1 Å². The second-order valence-corrected chi connectivity index (χ2v) is 8.90. The molecule has 0 aliphatic carbocycles. The van der Waals surface area contributed by atoms with Crippen molar-refractivity contribution in [3.63, 3.8) is 0 Å². The van der Waals surface area contributed by atoms with E-state index in [2.05, 4.69) is 5.32 Å². The molecule has 8 heteroatoms. The van der Waals surface area contributed by atoms with Crippen LogP contribution in [0, 0.1) is 5.82 Å². The number of halogens is 1. The van der Waals surface area contributed by atoms with Crippen molar-refractivity contribution in [2.24, 2.45) is 0 Å². The summed E-state index contributed by atoms with van der Waals surface area (Å²) in [4.78, 5) is 26.1. The number of rotatable bonds is 6. The predicted octanol–water partition coefficient (Wildman–Crippen LogP) is 2.64. The van der Waals surface area contributed by atoms with Gasteiger partial charge in [-0.25, -0.2) is 12.8 Å². The van der Waals surface area contributed by atoms with Crippen LogP contribution in [0.2, 0.25) is 0 Å². The number of sulfone groups is 1. The molecule has 1 unspecified atom stereocenters. The zero-order valence-corrected chi connectivity index (χ0v) is 16.4. The summed E-state index contributed by atoms with van der Waals surface area (Å²) in [6.45, 7) is 2.24. The predicted molar refractivity (Wildman–Crippen MR) is 103 cm³/mol. The maximum Gasteiger partial charge on any atom is 0.245 e. The zero-order valence-electron chi connectivity index (χ0n) is 15.6. The van der Waals surface area contributed by atoms with Crippen molar-refractivity contribution in [3.05, 3.63) is 59.4 Å². The number of likely N-dealkylation sites (tertiary alicyclic amines) is 1. The Bertz CT molecular complexity index is 1020. The summed E-state index contributed by atoms with van der Waals surface area (Å²) in [7, 11) is -3.54. The van der Waals surface area contributed by atoms with Crippen molar-refractivity contribution in [1.29, 1.82) is 0 Å². The molecule has 0 radical (unpaired) electrons. The van der Waals surface area contributed by atoms with Crippen LogP contribution in [0.5, 0.6) is 0 Å². The van der Waals surface area contributed by atoms with Gasteiger partial charge < -0.3 is 10.2 Å². The van der Waals surface area contributed by atoms with Crippen molar-refractivity contribution < 1.29 is 22.4 Å². The van der Waals surface area contributed by atoms with Crippen molar-refractivity contribution in [2.75, 3.05) is 18.1 Å². The zero-order chi connectivity index (χ0) is 20.5. The number of anilines is 1. The van der Waals surface area contributed by atoms with Crippen LogP contribution >= 0.6 is 0 Å². The molecule has 1 heterocycles. The van der Waals surface area contributed by atoms with Gasteiger partial charge in [-0.15, -0.1) is 0 Å². The van der Waals surface area contributed by atoms with Crippen molar-refractivity contribution >= 4 is 27.2 Å². The van der Waals surface area contributed by atoms with Crippen molar-refractivity contribution in [2.45, 2.75) is 30.8 Å². The van der Waals surface area contributed by atoms with E-state index in [9.17, 15) is 22.4 Å². The van der Waals surface area contributed by atoms with Gasteiger partial charge in [-0.1, -0.05) is 12.1 Å². The minimum Gasteiger partial charge on any atom is -0.373 e. The maximum atomic E-state index is 13.0. The Hall–Kier alpha value is -2.74. The Labute approximate surface area is 163 Å². The summed E-state index contributed by atoms with van der Waals surface area (Å²) in [5.74, 6) is -0.703. The van der Waals surface area contributed by atoms with Crippen LogP contribution in [0.3, 0.4) is 0 Å². The summed E-state index contributed by atoms with van der Waals surface area (Å²) in [5.41, 5.74) is 1.42. The second kappa shape index (κ2) is 7.71. The number of ketones is 1. The van der Waals surface area contributed by atoms with Crippen LogP contribution in [0.25, 0.3) is 0 Å². The van der Waals surface area contributed by atoms with Crippen LogP contribution in [0.15, 0.2) is 47.4 Å². The second-order valence-electron chi connectivity index (χ2n) is 6.91. The minimum atomic E-state index is -3.54. The lowest BCUT2D eigenvalue weighted by atomic mass is 10.1. The highest BCUT2D eigenvalue weighted by Gasteiger charge is 2.32. The lowest BCUT2D eigenvalue weighted by Gasteiger charge is -2.19. The van der Waals surface area contributed by atoms with E-state index in [1.165, 1.54) is 37.3 Å². The SMILES string of the molecule is CC(=O)c1ccc(S(C)(=O)=O)c(NC2CCN(Cc3ccc(F)cc3)C2=O)c1. The van der Waals surface area contributed by atoms with E-state index in [1.54, 1.807) is 17.0 Å². The molecule has 28 heavy (non-hydrogen) atoms. The number of amides is 1. The first-order chi connectivity index (χ1) is 13.1. The fourth-order valence-electron chi connectivity index (χ4n) is 3.21. The Morgan fingerprint density at radius 2 is 1.89 bits per heavy atom. The van der Waals surface area contributed by atoms with Gasteiger partial charge in [0, 0.05) is 24.9 Å². The Balaban J connectivity index is 1.80. The molecule has 148 valence electrons. The van der Waals surface area contributed by atoms with Crippen LogP contribution in [0.1, 0.15) is 29.3 Å². The molecule has 1 amide bonds. The maximum absolute atomic E-state index is 13.0. The van der Waals surface area contributed by atoms with E-state index in [-0.39, 0.29) is 28.1 Å². The number of nitrogens with zero attached hydrogens (tertiary/aromatic N) is 1. The molecule has 0 bridgehead atoms. The first-order valence-corrected chi connectivity index (χ1v) is 10.7. The van der Waals surface area contributed by atoms with Gasteiger partial charge in [0.1, 0.15) is 11.9 Å². The van der Waals surface area contributed by atoms with Gasteiger partial charge >= 0.3 is 0 Å². The minimum absolute atomic E-state index is 0.0438. The molecule has 1 aliphatic rings. The highest BCUT2D eigenvalue weighted by molar-refractivity contribution is 7.90. The number of carbonyl (C=O) groups excluding carboxylic acids is 2. The molecule has 0 saturated carbocycles. The summed E-state index contributed by atoms with van der Waals surface area (Å²) < 4.78 is 37.2. The van der Waals surface area contributed by atoms with E-state index < -0.39 is 15.9 Å².